The van der Waals surface area contributed by atoms with E-state index in [0.29, 0.717) is 0 Å². The first-order valence-electron chi connectivity index (χ1n) is 10.1. The molecule has 130 valence electrons. The molecule has 24 heavy (non-hydrogen) atoms. The molecule has 1 aromatic carbocycles. The molecule has 1 aromatic rings. The van der Waals surface area contributed by atoms with E-state index in [9.17, 15) is 0 Å². The largest absolute Gasteiger partial charge is 0.103 e. The Labute approximate surface area is 149 Å². The maximum absolute atomic E-state index is 3.89. The maximum Gasteiger partial charge on any atom is -0.0162 e. The zero-order valence-electron chi connectivity index (χ0n) is 15.4. The summed E-state index contributed by atoms with van der Waals surface area (Å²) in [6, 6.07) is 9.23. The van der Waals surface area contributed by atoms with Crippen LogP contribution < -0.4 is 0 Å². The van der Waals surface area contributed by atoms with Crippen molar-refractivity contribution < 1.29 is 0 Å². The Balaban J connectivity index is 1.42. The molecule has 0 atom stereocenters. The van der Waals surface area contributed by atoms with Crippen molar-refractivity contribution in [2.45, 2.75) is 70.6 Å². The Hall–Kier alpha value is -1.30. The smallest absolute Gasteiger partial charge is 0.0162 e. The summed E-state index contributed by atoms with van der Waals surface area (Å²) in [4.78, 5) is 0. The topological polar surface area (TPSA) is 0 Å². The van der Waals surface area contributed by atoms with Crippen LogP contribution in [0.5, 0.6) is 0 Å². The van der Waals surface area contributed by atoms with E-state index in [1.807, 2.05) is 0 Å². The quantitative estimate of drug-likeness (QED) is 0.502. The van der Waals surface area contributed by atoms with Crippen LogP contribution in [-0.2, 0) is 0 Å². The zero-order chi connectivity index (χ0) is 16.8. The van der Waals surface area contributed by atoms with Crippen LogP contribution in [-0.4, -0.2) is 0 Å². The van der Waals surface area contributed by atoms with E-state index in [1.165, 1.54) is 63.4 Å². The molecule has 0 saturated heterocycles. The Morgan fingerprint density at radius 1 is 0.833 bits per heavy atom. The third-order valence-electron chi connectivity index (χ3n) is 6.37. The van der Waals surface area contributed by atoms with Crippen molar-refractivity contribution in [3.63, 3.8) is 0 Å². The second kappa shape index (κ2) is 8.70. The first kappa shape index (κ1) is 17.5. The fourth-order valence-electron chi connectivity index (χ4n) is 4.65. The number of rotatable bonds is 5. The molecule has 2 saturated carbocycles. The van der Waals surface area contributed by atoms with Crippen molar-refractivity contribution in [1.82, 2.24) is 0 Å². The van der Waals surface area contributed by atoms with Crippen molar-refractivity contribution in [3.05, 3.63) is 60.2 Å². The molecular formula is C24H34. The minimum atomic E-state index is 0.796. The van der Waals surface area contributed by atoms with Crippen molar-refractivity contribution in [3.8, 4) is 0 Å². The average molecular weight is 323 g/mol. The second-order valence-corrected chi connectivity index (χ2v) is 8.21. The molecule has 2 aliphatic rings. The molecule has 0 bridgehead atoms. The highest BCUT2D eigenvalue weighted by molar-refractivity contribution is 5.25. The lowest BCUT2D eigenvalue weighted by molar-refractivity contribution is 0.310. The molecular weight excluding hydrogens is 288 g/mol. The van der Waals surface area contributed by atoms with Crippen molar-refractivity contribution in [2.75, 3.05) is 0 Å². The van der Waals surface area contributed by atoms with Gasteiger partial charge in [-0.3, -0.25) is 0 Å². The molecule has 3 rings (SSSR count). The fourth-order valence-corrected chi connectivity index (χ4v) is 4.65. The molecule has 0 heteroatoms. The lowest BCUT2D eigenvalue weighted by atomic mass is 9.77. The lowest BCUT2D eigenvalue weighted by Gasteiger charge is -2.29. The van der Waals surface area contributed by atoms with E-state index < -0.39 is 0 Å². The normalized spacial score (nSPS) is 31.2. The first-order chi connectivity index (χ1) is 11.7. The average Bonchev–Trinajstić information content (AvgIpc) is 2.63. The third kappa shape index (κ3) is 4.85. The highest BCUT2D eigenvalue weighted by atomic mass is 14.3. The van der Waals surface area contributed by atoms with E-state index in [0.717, 1.165) is 23.7 Å². The van der Waals surface area contributed by atoms with Gasteiger partial charge < -0.3 is 0 Å². The van der Waals surface area contributed by atoms with Crippen LogP contribution in [0, 0.1) is 24.7 Å². The molecule has 0 spiro atoms. The minimum absolute atomic E-state index is 0.796. The number of allylic oxidation sites excluding steroid dienone is 3. The summed E-state index contributed by atoms with van der Waals surface area (Å²) in [5.41, 5.74) is 2.93. The van der Waals surface area contributed by atoms with E-state index in [1.54, 1.807) is 5.56 Å². The summed E-state index contributed by atoms with van der Waals surface area (Å²) >= 11 is 0. The molecule has 2 fully saturated rings. The van der Waals surface area contributed by atoms with Gasteiger partial charge in [-0.05, 0) is 93.9 Å². The number of aryl methyl sites for hydroxylation is 1. The summed E-state index contributed by atoms with van der Waals surface area (Å²) in [5.74, 6) is 3.39. The lowest BCUT2D eigenvalue weighted by Crippen LogP contribution is -2.14. The highest BCUT2D eigenvalue weighted by Gasteiger charge is 2.22. The Bertz CT molecular complexity index is 520. The predicted molar refractivity (Wildman–Crippen MR) is 105 cm³/mol. The summed E-state index contributed by atoms with van der Waals surface area (Å²) in [5, 5.41) is 0. The van der Waals surface area contributed by atoms with Crippen molar-refractivity contribution >= 4 is 0 Å². The van der Waals surface area contributed by atoms with Crippen LogP contribution in [0.1, 0.15) is 74.8 Å². The Morgan fingerprint density at radius 3 is 1.92 bits per heavy atom. The zero-order valence-corrected chi connectivity index (χ0v) is 15.4. The van der Waals surface area contributed by atoms with Gasteiger partial charge in [0.25, 0.3) is 0 Å². The molecule has 0 nitrogen and oxygen atoms in total. The molecule has 0 aliphatic heterocycles. The SMILES string of the molecule is C=CCC1CCC(/C=C/C2CCC(c3ccc(C)cc3)CC2)CC1. The molecule has 0 amide bonds. The van der Waals surface area contributed by atoms with E-state index >= 15 is 0 Å². The van der Waals surface area contributed by atoms with Crippen LogP contribution in [0.4, 0.5) is 0 Å². The Kier molecular flexibility index (Phi) is 6.35. The van der Waals surface area contributed by atoms with Gasteiger partial charge in [0, 0.05) is 0 Å². The molecule has 0 unspecified atom stereocenters. The number of benzene rings is 1. The van der Waals surface area contributed by atoms with Gasteiger partial charge >= 0.3 is 0 Å². The highest BCUT2D eigenvalue weighted by Crippen LogP contribution is 2.37. The summed E-state index contributed by atoms with van der Waals surface area (Å²) in [7, 11) is 0. The molecule has 0 radical (unpaired) electrons. The molecule has 0 N–H and O–H groups in total. The van der Waals surface area contributed by atoms with Gasteiger partial charge in [0.2, 0.25) is 0 Å². The summed E-state index contributed by atoms with van der Waals surface area (Å²) in [6.07, 6.45) is 19.6. The Morgan fingerprint density at radius 2 is 1.38 bits per heavy atom. The molecule has 2 aliphatic carbocycles. The molecule has 0 aromatic heterocycles. The van der Waals surface area contributed by atoms with Gasteiger partial charge in [-0.2, -0.15) is 0 Å². The van der Waals surface area contributed by atoms with E-state index in [4.69, 9.17) is 0 Å². The van der Waals surface area contributed by atoms with Gasteiger partial charge in [0.15, 0.2) is 0 Å². The van der Waals surface area contributed by atoms with Crippen LogP contribution in [0.15, 0.2) is 49.1 Å². The minimum Gasteiger partial charge on any atom is -0.103 e. The third-order valence-corrected chi connectivity index (χ3v) is 6.37. The van der Waals surface area contributed by atoms with Gasteiger partial charge in [0.05, 0.1) is 0 Å². The van der Waals surface area contributed by atoms with Crippen LogP contribution >= 0.6 is 0 Å². The summed E-state index contributed by atoms with van der Waals surface area (Å²) in [6.45, 7) is 6.07. The maximum atomic E-state index is 3.89. The van der Waals surface area contributed by atoms with Gasteiger partial charge in [0.1, 0.15) is 0 Å². The van der Waals surface area contributed by atoms with Crippen molar-refractivity contribution in [2.24, 2.45) is 17.8 Å². The standard InChI is InChI=1S/C24H34/c1-3-4-20-7-9-21(10-8-20)11-12-22-13-17-24(18-14-22)23-15-5-19(2)6-16-23/h3,5-6,11-12,15-16,20-22,24H,1,4,7-10,13-14,17-18H2,2H3/b12-11+. The second-order valence-electron chi connectivity index (χ2n) is 8.21. The monoisotopic (exact) mass is 322 g/mol. The van der Waals surface area contributed by atoms with E-state index in [2.05, 4.69) is 56.0 Å². The van der Waals surface area contributed by atoms with Gasteiger partial charge in [-0.25, -0.2) is 0 Å². The van der Waals surface area contributed by atoms with Crippen LogP contribution in [0.2, 0.25) is 0 Å². The van der Waals surface area contributed by atoms with Gasteiger partial charge in [-0.1, -0.05) is 48.1 Å². The fraction of sp³-hybridized carbons (Fsp3) is 0.583. The van der Waals surface area contributed by atoms with Crippen LogP contribution in [0.25, 0.3) is 0 Å². The first-order valence-corrected chi connectivity index (χ1v) is 10.1. The predicted octanol–water partition coefficient (Wildman–Crippen LogP) is 7.21. The summed E-state index contributed by atoms with van der Waals surface area (Å²) < 4.78 is 0. The number of hydrogen-bond donors (Lipinski definition) is 0. The molecule has 0 heterocycles. The van der Waals surface area contributed by atoms with E-state index in [-0.39, 0.29) is 0 Å². The van der Waals surface area contributed by atoms with Gasteiger partial charge in [-0.15, -0.1) is 6.58 Å². The van der Waals surface area contributed by atoms with Crippen LogP contribution in [0.3, 0.4) is 0 Å². The number of hydrogen-bond acceptors (Lipinski definition) is 0. The van der Waals surface area contributed by atoms with Crippen molar-refractivity contribution in [1.29, 1.82) is 0 Å².